The SMILES string of the molecule is O=C(CCCNc1ccccc1)OCCC1CC1. The van der Waals surface area contributed by atoms with Crippen LogP contribution in [0.15, 0.2) is 30.3 Å². The van der Waals surface area contributed by atoms with Gasteiger partial charge >= 0.3 is 5.97 Å². The lowest BCUT2D eigenvalue weighted by atomic mass is 10.3. The second-order valence-corrected chi connectivity index (χ2v) is 4.85. The molecule has 0 radical (unpaired) electrons. The molecule has 18 heavy (non-hydrogen) atoms. The number of rotatable bonds is 8. The Morgan fingerprint density at radius 2 is 2.06 bits per heavy atom. The molecule has 0 aromatic heterocycles. The minimum atomic E-state index is -0.0643. The number of carbonyl (C=O) groups excluding carboxylic acids is 1. The van der Waals surface area contributed by atoms with Crippen LogP contribution in [-0.4, -0.2) is 19.1 Å². The van der Waals surface area contributed by atoms with E-state index in [4.69, 9.17) is 4.74 Å². The van der Waals surface area contributed by atoms with E-state index in [2.05, 4.69) is 5.32 Å². The van der Waals surface area contributed by atoms with Gasteiger partial charge in [-0.15, -0.1) is 0 Å². The van der Waals surface area contributed by atoms with Crippen molar-refractivity contribution >= 4 is 11.7 Å². The first kappa shape index (κ1) is 12.9. The predicted molar refractivity (Wildman–Crippen MR) is 72.5 cm³/mol. The third-order valence-corrected chi connectivity index (χ3v) is 3.15. The van der Waals surface area contributed by atoms with Crippen LogP contribution in [0.4, 0.5) is 5.69 Å². The number of hydrogen-bond acceptors (Lipinski definition) is 3. The molecule has 0 bridgehead atoms. The third-order valence-electron chi connectivity index (χ3n) is 3.15. The van der Waals surface area contributed by atoms with Gasteiger partial charge in [-0.05, 0) is 30.9 Å². The number of carbonyl (C=O) groups is 1. The number of para-hydroxylation sites is 1. The molecular formula is C15H21NO2. The number of esters is 1. The summed E-state index contributed by atoms with van der Waals surface area (Å²) in [7, 11) is 0. The largest absolute Gasteiger partial charge is 0.466 e. The van der Waals surface area contributed by atoms with Crippen molar-refractivity contribution in [2.24, 2.45) is 5.92 Å². The molecule has 0 amide bonds. The molecule has 1 aliphatic rings. The van der Waals surface area contributed by atoms with Crippen molar-refractivity contribution in [3.8, 4) is 0 Å². The predicted octanol–water partition coefficient (Wildman–Crippen LogP) is 3.22. The van der Waals surface area contributed by atoms with Crippen molar-refractivity contribution < 1.29 is 9.53 Å². The van der Waals surface area contributed by atoms with E-state index in [1.807, 2.05) is 30.3 Å². The second kappa shape index (κ2) is 7.04. The van der Waals surface area contributed by atoms with E-state index in [0.717, 1.165) is 31.0 Å². The smallest absolute Gasteiger partial charge is 0.305 e. The molecule has 0 saturated heterocycles. The standard InChI is InChI=1S/C15H21NO2/c17-15(18-12-10-13-8-9-13)7-4-11-16-14-5-2-1-3-6-14/h1-3,5-6,13,16H,4,7-12H2. The minimum absolute atomic E-state index is 0.0643. The Morgan fingerprint density at radius 1 is 1.28 bits per heavy atom. The number of hydrogen-bond donors (Lipinski definition) is 1. The average Bonchev–Trinajstić information content (AvgIpc) is 3.20. The van der Waals surface area contributed by atoms with E-state index in [1.165, 1.54) is 12.8 Å². The van der Waals surface area contributed by atoms with Crippen molar-refractivity contribution in [1.29, 1.82) is 0 Å². The first-order valence-corrected chi connectivity index (χ1v) is 6.79. The van der Waals surface area contributed by atoms with Crippen molar-refractivity contribution in [2.45, 2.75) is 32.1 Å². The lowest BCUT2D eigenvalue weighted by Gasteiger charge is -2.06. The van der Waals surface area contributed by atoms with Crippen molar-refractivity contribution in [2.75, 3.05) is 18.5 Å². The number of anilines is 1. The van der Waals surface area contributed by atoms with Crippen LogP contribution in [0.2, 0.25) is 0 Å². The Kier molecular flexibility index (Phi) is 5.06. The third kappa shape index (κ3) is 5.21. The van der Waals surface area contributed by atoms with Gasteiger partial charge in [0.05, 0.1) is 6.61 Å². The molecule has 0 atom stereocenters. The van der Waals surface area contributed by atoms with E-state index in [1.54, 1.807) is 0 Å². The fourth-order valence-electron chi connectivity index (χ4n) is 1.84. The van der Waals surface area contributed by atoms with E-state index >= 15 is 0 Å². The molecule has 1 aromatic rings. The molecular weight excluding hydrogens is 226 g/mol. The van der Waals surface area contributed by atoms with E-state index < -0.39 is 0 Å². The summed E-state index contributed by atoms with van der Waals surface area (Å²) in [6.07, 6.45) is 5.01. The van der Waals surface area contributed by atoms with Crippen molar-refractivity contribution in [1.82, 2.24) is 0 Å². The normalized spacial score (nSPS) is 14.2. The van der Waals surface area contributed by atoms with Gasteiger partial charge in [0.25, 0.3) is 0 Å². The summed E-state index contributed by atoms with van der Waals surface area (Å²) in [6.45, 7) is 1.41. The molecule has 1 aliphatic carbocycles. The zero-order chi connectivity index (χ0) is 12.6. The van der Waals surface area contributed by atoms with Gasteiger partial charge in [-0.2, -0.15) is 0 Å². The Bertz CT molecular complexity index is 360. The van der Waals surface area contributed by atoms with Crippen LogP contribution in [0.1, 0.15) is 32.1 Å². The Balaban J connectivity index is 1.48. The molecule has 2 rings (SSSR count). The zero-order valence-corrected chi connectivity index (χ0v) is 10.7. The summed E-state index contributed by atoms with van der Waals surface area (Å²) in [5, 5.41) is 3.28. The van der Waals surface area contributed by atoms with Crippen LogP contribution in [0.5, 0.6) is 0 Å². The van der Waals surface area contributed by atoms with Crippen LogP contribution in [0, 0.1) is 5.92 Å². The van der Waals surface area contributed by atoms with E-state index in [0.29, 0.717) is 13.0 Å². The van der Waals surface area contributed by atoms with Gasteiger partial charge in [0.1, 0.15) is 0 Å². The Hall–Kier alpha value is -1.51. The Morgan fingerprint density at radius 3 is 2.78 bits per heavy atom. The highest BCUT2D eigenvalue weighted by Gasteiger charge is 2.21. The quantitative estimate of drug-likeness (QED) is 0.566. The first-order valence-electron chi connectivity index (χ1n) is 6.79. The molecule has 1 saturated carbocycles. The second-order valence-electron chi connectivity index (χ2n) is 4.85. The highest BCUT2D eigenvalue weighted by molar-refractivity contribution is 5.69. The molecule has 1 fully saturated rings. The van der Waals surface area contributed by atoms with Crippen molar-refractivity contribution in [3.63, 3.8) is 0 Å². The molecule has 3 heteroatoms. The molecule has 1 aromatic carbocycles. The summed E-state index contributed by atoms with van der Waals surface area (Å²) in [5.41, 5.74) is 1.10. The van der Waals surface area contributed by atoms with Gasteiger partial charge in [0, 0.05) is 18.7 Å². The molecule has 1 N–H and O–H groups in total. The summed E-state index contributed by atoms with van der Waals surface area (Å²) in [5.74, 6) is 0.767. The highest BCUT2D eigenvalue weighted by Crippen LogP contribution is 2.32. The lowest BCUT2D eigenvalue weighted by Crippen LogP contribution is -2.09. The van der Waals surface area contributed by atoms with Gasteiger partial charge in [-0.1, -0.05) is 31.0 Å². The van der Waals surface area contributed by atoms with E-state index in [9.17, 15) is 4.79 Å². The van der Waals surface area contributed by atoms with E-state index in [-0.39, 0.29) is 5.97 Å². The van der Waals surface area contributed by atoms with Crippen LogP contribution in [0.3, 0.4) is 0 Å². The van der Waals surface area contributed by atoms with Crippen molar-refractivity contribution in [3.05, 3.63) is 30.3 Å². The fourth-order valence-corrected chi connectivity index (χ4v) is 1.84. The summed E-state index contributed by atoms with van der Waals surface area (Å²) < 4.78 is 5.18. The average molecular weight is 247 g/mol. The van der Waals surface area contributed by atoms with Crippen LogP contribution < -0.4 is 5.32 Å². The molecule has 0 unspecified atom stereocenters. The van der Waals surface area contributed by atoms with Gasteiger partial charge in [0.15, 0.2) is 0 Å². The summed E-state index contributed by atoms with van der Waals surface area (Å²) in [4.78, 5) is 11.4. The maximum absolute atomic E-state index is 11.4. The molecule has 98 valence electrons. The number of benzene rings is 1. The first-order chi connectivity index (χ1) is 8.84. The maximum atomic E-state index is 11.4. The number of nitrogens with one attached hydrogen (secondary N) is 1. The van der Waals surface area contributed by atoms with Gasteiger partial charge < -0.3 is 10.1 Å². The van der Waals surface area contributed by atoms with Crippen LogP contribution in [-0.2, 0) is 9.53 Å². The van der Waals surface area contributed by atoms with Gasteiger partial charge in [0.2, 0.25) is 0 Å². The highest BCUT2D eigenvalue weighted by atomic mass is 16.5. The van der Waals surface area contributed by atoms with Gasteiger partial charge in [-0.25, -0.2) is 0 Å². The lowest BCUT2D eigenvalue weighted by molar-refractivity contribution is -0.143. The van der Waals surface area contributed by atoms with Gasteiger partial charge in [-0.3, -0.25) is 4.79 Å². The fraction of sp³-hybridized carbons (Fsp3) is 0.533. The summed E-state index contributed by atoms with van der Waals surface area (Å²) >= 11 is 0. The topological polar surface area (TPSA) is 38.3 Å². The Labute approximate surface area is 109 Å². The minimum Gasteiger partial charge on any atom is -0.466 e. The molecule has 0 heterocycles. The van der Waals surface area contributed by atoms with Crippen LogP contribution >= 0.6 is 0 Å². The zero-order valence-electron chi connectivity index (χ0n) is 10.7. The maximum Gasteiger partial charge on any atom is 0.305 e. The molecule has 3 nitrogen and oxygen atoms in total. The number of ether oxygens (including phenoxy) is 1. The van der Waals surface area contributed by atoms with Crippen LogP contribution in [0.25, 0.3) is 0 Å². The molecule has 0 aliphatic heterocycles. The molecule has 0 spiro atoms. The summed E-state index contributed by atoms with van der Waals surface area (Å²) in [6, 6.07) is 10.0. The monoisotopic (exact) mass is 247 g/mol.